The second-order valence-corrected chi connectivity index (χ2v) is 21.0. The molecule has 0 spiro atoms. The summed E-state index contributed by atoms with van der Waals surface area (Å²) in [5.74, 6) is 0. The van der Waals surface area contributed by atoms with E-state index in [1.54, 1.807) is 0 Å². The van der Waals surface area contributed by atoms with Crippen molar-refractivity contribution in [3.05, 3.63) is 289 Å². The molecule has 4 nitrogen and oxygen atoms in total. The van der Waals surface area contributed by atoms with E-state index in [0.717, 1.165) is 123 Å². The fraction of sp³-hybridized carbons (Fsp3) is 0.0526. The van der Waals surface area contributed by atoms with Crippen LogP contribution < -0.4 is 9.80 Å². The highest BCUT2D eigenvalue weighted by atomic mass is 16.3. The van der Waals surface area contributed by atoms with Gasteiger partial charge in [-0.2, -0.15) is 0 Å². The van der Waals surface area contributed by atoms with Gasteiger partial charge in [-0.05, 0) is 167 Å². The number of aryl methyl sites for hydroxylation is 4. The molecule has 14 aromatic rings. The fourth-order valence-electron chi connectivity index (χ4n) is 12.3. The second-order valence-electron chi connectivity index (χ2n) is 21.0. The van der Waals surface area contributed by atoms with Crippen molar-refractivity contribution in [3.8, 4) is 55.6 Å². The average molecular weight is 1030 g/mol. The highest BCUT2D eigenvalue weighted by Crippen LogP contribution is 2.50. The SMILES string of the molecule is Cc1cc(N(c2ccccc2-c2ccccc2)c2cccc3c2oc2cc(-c4ccccc4)ccc23)cc(C)c1-c1c(C)cc(N(c2ccccc2-c2ccccc2)c2cccc3c2oc2cc(-c4ccccc4)ccc23)cc1C. The Bertz CT molecular complexity index is 4290. The summed E-state index contributed by atoms with van der Waals surface area (Å²) in [7, 11) is 0. The first-order valence-electron chi connectivity index (χ1n) is 27.5. The van der Waals surface area contributed by atoms with Crippen molar-refractivity contribution >= 4 is 78.0 Å². The van der Waals surface area contributed by atoms with Gasteiger partial charge in [-0.25, -0.2) is 0 Å². The van der Waals surface area contributed by atoms with Gasteiger partial charge in [-0.15, -0.1) is 0 Å². The van der Waals surface area contributed by atoms with E-state index in [9.17, 15) is 0 Å². The first-order valence-corrected chi connectivity index (χ1v) is 27.5. The molecule has 2 aromatic heterocycles. The van der Waals surface area contributed by atoms with E-state index in [0.29, 0.717) is 0 Å². The van der Waals surface area contributed by atoms with E-state index < -0.39 is 0 Å². The predicted molar refractivity (Wildman–Crippen MR) is 336 cm³/mol. The minimum atomic E-state index is 0.839. The van der Waals surface area contributed by atoms with Gasteiger partial charge in [0, 0.05) is 44.0 Å². The maximum absolute atomic E-state index is 7.04. The summed E-state index contributed by atoms with van der Waals surface area (Å²) in [6, 6.07) is 95.6. The second kappa shape index (κ2) is 20.0. The predicted octanol–water partition coefficient (Wildman–Crippen LogP) is 22.0. The molecule has 0 bridgehead atoms. The molecule has 4 heteroatoms. The van der Waals surface area contributed by atoms with Crippen molar-refractivity contribution < 1.29 is 8.83 Å². The molecular formula is C76H56N2O2. The zero-order valence-corrected chi connectivity index (χ0v) is 45.1. The molecule has 0 aliphatic heterocycles. The quantitative estimate of drug-likeness (QED) is 0.129. The molecule has 12 aromatic carbocycles. The number of rotatable bonds is 11. The van der Waals surface area contributed by atoms with E-state index in [2.05, 4.69) is 304 Å². The Morgan fingerprint density at radius 2 is 0.575 bits per heavy atom. The van der Waals surface area contributed by atoms with Crippen LogP contribution in [0.3, 0.4) is 0 Å². The highest BCUT2D eigenvalue weighted by molar-refractivity contribution is 6.13. The van der Waals surface area contributed by atoms with Crippen LogP contribution in [-0.2, 0) is 0 Å². The third-order valence-corrected chi connectivity index (χ3v) is 15.9. The molecule has 2 heterocycles. The summed E-state index contributed by atoms with van der Waals surface area (Å²) in [5.41, 5.74) is 25.8. The van der Waals surface area contributed by atoms with Gasteiger partial charge in [0.25, 0.3) is 0 Å². The minimum Gasteiger partial charge on any atom is -0.454 e. The third kappa shape index (κ3) is 8.41. The van der Waals surface area contributed by atoms with Crippen molar-refractivity contribution in [1.82, 2.24) is 0 Å². The van der Waals surface area contributed by atoms with E-state index in [1.165, 1.54) is 33.4 Å². The van der Waals surface area contributed by atoms with Crippen LogP contribution in [0.2, 0.25) is 0 Å². The van der Waals surface area contributed by atoms with Crippen LogP contribution in [0.4, 0.5) is 34.1 Å². The molecular weight excluding hydrogens is 973 g/mol. The largest absolute Gasteiger partial charge is 0.454 e. The standard InChI is InChI=1S/C76H56N2O2/c1-49-43-59(77(67-35-19-17-31-61(67)55-27-13-7-14-28-55)69-37-21-33-65-63-41-39-57(47-71(63)79-75(65)69)53-23-9-5-10-24-53)44-50(2)73(49)74-51(3)45-60(46-52(74)4)78(68-36-20-18-32-62(68)56-29-15-8-16-30-56)70-38-22-34-66-64-42-40-58(48-72(64)80-76(66)70)54-25-11-6-12-26-54/h5-48H,1-4H3. The third-order valence-electron chi connectivity index (χ3n) is 15.9. The lowest BCUT2D eigenvalue weighted by molar-refractivity contribution is 0.669. The van der Waals surface area contributed by atoms with E-state index >= 15 is 0 Å². The Labute approximate surface area is 466 Å². The molecule has 0 saturated heterocycles. The Hall–Kier alpha value is -10.2. The first kappa shape index (κ1) is 48.2. The van der Waals surface area contributed by atoms with Crippen LogP contribution in [0.25, 0.3) is 99.5 Å². The van der Waals surface area contributed by atoms with Gasteiger partial charge in [-0.1, -0.05) is 194 Å². The maximum Gasteiger partial charge on any atom is 0.159 e. The molecule has 0 atom stereocenters. The monoisotopic (exact) mass is 1030 g/mol. The molecule has 0 fully saturated rings. The summed E-state index contributed by atoms with van der Waals surface area (Å²) in [6.07, 6.45) is 0. The molecule has 14 rings (SSSR count). The normalized spacial score (nSPS) is 11.5. The van der Waals surface area contributed by atoms with Crippen molar-refractivity contribution in [3.63, 3.8) is 0 Å². The zero-order valence-electron chi connectivity index (χ0n) is 45.1. The van der Waals surface area contributed by atoms with E-state index in [4.69, 9.17) is 8.83 Å². The van der Waals surface area contributed by atoms with Gasteiger partial charge >= 0.3 is 0 Å². The van der Waals surface area contributed by atoms with Gasteiger partial charge < -0.3 is 18.6 Å². The van der Waals surface area contributed by atoms with Gasteiger partial charge in [0.1, 0.15) is 11.2 Å². The van der Waals surface area contributed by atoms with Gasteiger partial charge in [-0.3, -0.25) is 0 Å². The van der Waals surface area contributed by atoms with Crippen molar-refractivity contribution in [2.75, 3.05) is 9.80 Å². The maximum atomic E-state index is 7.04. The summed E-state index contributed by atoms with van der Waals surface area (Å²) >= 11 is 0. The van der Waals surface area contributed by atoms with Crippen LogP contribution in [0, 0.1) is 27.7 Å². The van der Waals surface area contributed by atoms with E-state index in [1.807, 2.05) is 0 Å². The van der Waals surface area contributed by atoms with Crippen LogP contribution in [0.1, 0.15) is 22.3 Å². The topological polar surface area (TPSA) is 32.8 Å². The number of para-hydroxylation sites is 4. The molecule has 0 unspecified atom stereocenters. The lowest BCUT2D eigenvalue weighted by Gasteiger charge is -2.30. The number of benzene rings is 12. The summed E-state index contributed by atoms with van der Waals surface area (Å²) < 4.78 is 14.1. The Balaban J connectivity index is 0.924. The first-order chi connectivity index (χ1) is 39.3. The van der Waals surface area contributed by atoms with Crippen LogP contribution in [-0.4, -0.2) is 0 Å². The van der Waals surface area contributed by atoms with Gasteiger partial charge in [0.15, 0.2) is 11.2 Å². The fourth-order valence-corrected chi connectivity index (χ4v) is 12.3. The van der Waals surface area contributed by atoms with Gasteiger partial charge in [0.2, 0.25) is 0 Å². The zero-order chi connectivity index (χ0) is 53.8. The van der Waals surface area contributed by atoms with Crippen molar-refractivity contribution in [1.29, 1.82) is 0 Å². The number of furan rings is 2. The smallest absolute Gasteiger partial charge is 0.159 e. The molecule has 0 aliphatic carbocycles. The van der Waals surface area contributed by atoms with Crippen molar-refractivity contribution in [2.45, 2.75) is 27.7 Å². The number of hydrogen-bond acceptors (Lipinski definition) is 4. The Kier molecular flexibility index (Phi) is 12.1. The van der Waals surface area contributed by atoms with E-state index in [-0.39, 0.29) is 0 Å². The summed E-state index contributed by atoms with van der Waals surface area (Å²) in [5, 5.41) is 4.32. The lowest BCUT2D eigenvalue weighted by Crippen LogP contribution is -2.13. The summed E-state index contributed by atoms with van der Waals surface area (Å²) in [4.78, 5) is 4.81. The van der Waals surface area contributed by atoms with Crippen LogP contribution in [0.5, 0.6) is 0 Å². The molecule has 0 N–H and O–H groups in total. The molecule has 0 aliphatic rings. The van der Waals surface area contributed by atoms with Crippen LogP contribution in [0.15, 0.2) is 276 Å². The lowest BCUT2D eigenvalue weighted by atomic mass is 9.88. The molecule has 0 radical (unpaired) electrons. The van der Waals surface area contributed by atoms with Crippen molar-refractivity contribution in [2.24, 2.45) is 0 Å². The number of fused-ring (bicyclic) bond motifs is 6. The molecule has 0 saturated carbocycles. The number of anilines is 6. The summed E-state index contributed by atoms with van der Waals surface area (Å²) in [6.45, 7) is 9.06. The minimum absolute atomic E-state index is 0.839. The highest BCUT2D eigenvalue weighted by Gasteiger charge is 2.27. The molecule has 382 valence electrons. The number of hydrogen-bond donors (Lipinski definition) is 0. The molecule has 0 amide bonds. The van der Waals surface area contributed by atoms with Gasteiger partial charge in [0.05, 0.1) is 22.7 Å². The average Bonchev–Trinajstić information content (AvgIpc) is 4.17. The van der Waals surface area contributed by atoms with Crippen LogP contribution >= 0.6 is 0 Å². The Morgan fingerprint density at radius 3 is 0.950 bits per heavy atom. The number of nitrogens with zero attached hydrogens (tertiary/aromatic N) is 2. The Morgan fingerprint density at radius 1 is 0.250 bits per heavy atom. The molecule has 80 heavy (non-hydrogen) atoms.